The molecule has 0 aliphatic rings. The number of hydrogen-bond donors (Lipinski definition) is 2. The lowest BCUT2D eigenvalue weighted by molar-refractivity contribution is 0.262. The molecule has 0 bridgehead atoms. The number of rotatable bonds is 9. The van der Waals surface area contributed by atoms with Gasteiger partial charge < -0.3 is 15.7 Å². The first-order valence-corrected chi connectivity index (χ1v) is 5.30. The van der Waals surface area contributed by atoms with Gasteiger partial charge in [-0.2, -0.15) is 0 Å². The second kappa shape index (κ2) is 9.96. The number of aliphatic hydroxyl groups is 1. The summed E-state index contributed by atoms with van der Waals surface area (Å²) in [4.78, 5) is 2.33. The van der Waals surface area contributed by atoms with Crippen LogP contribution < -0.4 is 5.73 Å². The fraction of sp³-hybridized carbons (Fsp3) is 1.00. The number of hydrogen-bond acceptors (Lipinski definition) is 3. The second-order valence-corrected chi connectivity index (χ2v) is 3.58. The first-order chi connectivity index (χ1) is 6.31. The molecule has 3 N–H and O–H groups in total. The molecule has 0 aliphatic heterocycles. The SMILES string of the molecule is CN(CCCCO)CCCCCN. The van der Waals surface area contributed by atoms with Crippen LogP contribution in [0, 0.1) is 0 Å². The lowest BCUT2D eigenvalue weighted by atomic mass is 10.2. The fourth-order valence-electron chi connectivity index (χ4n) is 1.31. The van der Waals surface area contributed by atoms with Crippen molar-refractivity contribution in [3.8, 4) is 0 Å². The molecule has 0 aliphatic carbocycles. The van der Waals surface area contributed by atoms with E-state index in [9.17, 15) is 0 Å². The Hall–Kier alpha value is -0.120. The van der Waals surface area contributed by atoms with Gasteiger partial charge in [-0.1, -0.05) is 6.42 Å². The van der Waals surface area contributed by atoms with Crippen molar-refractivity contribution in [3.05, 3.63) is 0 Å². The topological polar surface area (TPSA) is 49.5 Å². The van der Waals surface area contributed by atoms with E-state index in [1.165, 1.54) is 12.8 Å². The third kappa shape index (κ3) is 9.80. The van der Waals surface area contributed by atoms with Gasteiger partial charge in [0.25, 0.3) is 0 Å². The monoisotopic (exact) mass is 188 g/mol. The lowest BCUT2D eigenvalue weighted by Crippen LogP contribution is -2.21. The van der Waals surface area contributed by atoms with Crippen molar-refractivity contribution in [2.45, 2.75) is 32.1 Å². The normalized spacial score (nSPS) is 11.1. The van der Waals surface area contributed by atoms with Gasteiger partial charge in [-0.25, -0.2) is 0 Å². The lowest BCUT2D eigenvalue weighted by Gasteiger charge is -2.15. The zero-order chi connectivity index (χ0) is 9.94. The minimum Gasteiger partial charge on any atom is -0.396 e. The van der Waals surface area contributed by atoms with E-state index in [4.69, 9.17) is 10.8 Å². The summed E-state index contributed by atoms with van der Waals surface area (Å²) in [6.45, 7) is 3.39. The molecule has 3 nitrogen and oxygen atoms in total. The van der Waals surface area contributed by atoms with E-state index in [-0.39, 0.29) is 0 Å². The van der Waals surface area contributed by atoms with Crippen molar-refractivity contribution in [2.24, 2.45) is 5.73 Å². The van der Waals surface area contributed by atoms with Crippen molar-refractivity contribution in [2.75, 3.05) is 33.3 Å². The zero-order valence-corrected chi connectivity index (χ0v) is 8.84. The molecule has 0 atom stereocenters. The summed E-state index contributed by atoms with van der Waals surface area (Å²) in [7, 11) is 2.14. The van der Waals surface area contributed by atoms with Gasteiger partial charge in [0.15, 0.2) is 0 Å². The van der Waals surface area contributed by atoms with Crippen LogP contribution in [-0.2, 0) is 0 Å². The van der Waals surface area contributed by atoms with E-state index >= 15 is 0 Å². The fourth-order valence-corrected chi connectivity index (χ4v) is 1.31. The molecular weight excluding hydrogens is 164 g/mol. The molecule has 0 heterocycles. The van der Waals surface area contributed by atoms with Crippen LogP contribution in [0.5, 0.6) is 0 Å². The first-order valence-electron chi connectivity index (χ1n) is 5.30. The van der Waals surface area contributed by atoms with Crippen molar-refractivity contribution in [1.82, 2.24) is 4.90 Å². The summed E-state index contributed by atoms with van der Waals surface area (Å²) in [5, 5.41) is 8.59. The Morgan fingerprint density at radius 1 is 1.00 bits per heavy atom. The molecule has 13 heavy (non-hydrogen) atoms. The van der Waals surface area contributed by atoms with Gasteiger partial charge in [0.1, 0.15) is 0 Å². The Balaban J connectivity index is 3.05. The quantitative estimate of drug-likeness (QED) is 0.527. The van der Waals surface area contributed by atoms with Gasteiger partial charge in [0, 0.05) is 6.61 Å². The molecule has 0 radical (unpaired) electrons. The van der Waals surface area contributed by atoms with E-state index < -0.39 is 0 Å². The summed E-state index contributed by atoms with van der Waals surface area (Å²) in [5.41, 5.74) is 5.40. The first kappa shape index (κ1) is 12.9. The van der Waals surface area contributed by atoms with Crippen LogP contribution in [0.25, 0.3) is 0 Å². The molecule has 80 valence electrons. The molecule has 0 rings (SSSR count). The molecule has 0 aromatic heterocycles. The molecule has 0 amide bonds. The van der Waals surface area contributed by atoms with Crippen LogP contribution in [-0.4, -0.2) is 43.3 Å². The Morgan fingerprint density at radius 2 is 1.62 bits per heavy atom. The highest BCUT2D eigenvalue weighted by molar-refractivity contribution is 4.52. The Labute approximate surface area is 81.9 Å². The van der Waals surface area contributed by atoms with E-state index in [1.807, 2.05) is 0 Å². The summed E-state index contributed by atoms with van der Waals surface area (Å²) in [6, 6.07) is 0. The molecule has 0 aromatic rings. The van der Waals surface area contributed by atoms with Gasteiger partial charge >= 0.3 is 0 Å². The third-order valence-corrected chi connectivity index (χ3v) is 2.19. The number of nitrogens with zero attached hydrogens (tertiary/aromatic N) is 1. The molecule has 3 heteroatoms. The number of nitrogens with two attached hydrogens (primary N) is 1. The predicted molar refractivity (Wildman–Crippen MR) is 56.7 cm³/mol. The molecule has 0 aromatic carbocycles. The summed E-state index contributed by atoms with van der Waals surface area (Å²) < 4.78 is 0. The third-order valence-electron chi connectivity index (χ3n) is 2.19. The average molecular weight is 188 g/mol. The van der Waals surface area contributed by atoms with Crippen LogP contribution in [0.3, 0.4) is 0 Å². The van der Waals surface area contributed by atoms with Gasteiger partial charge in [-0.3, -0.25) is 0 Å². The van der Waals surface area contributed by atoms with Gasteiger partial charge in [0.05, 0.1) is 0 Å². The Morgan fingerprint density at radius 3 is 2.15 bits per heavy atom. The van der Waals surface area contributed by atoms with E-state index in [0.717, 1.165) is 38.9 Å². The van der Waals surface area contributed by atoms with E-state index in [2.05, 4.69) is 11.9 Å². The van der Waals surface area contributed by atoms with Crippen molar-refractivity contribution in [1.29, 1.82) is 0 Å². The highest BCUT2D eigenvalue weighted by atomic mass is 16.2. The minimum absolute atomic E-state index is 0.320. The van der Waals surface area contributed by atoms with Gasteiger partial charge in [-0.05, 0) is 52.4 Å². The summed E-state index contributed by atoms with van der Waals surface area (Å²) in [5.74, 6) is 0. The smallest absolute Gasteiger partial charge is 0.0431 e. The molecule has 0 saturated heterocycles. The maximum atomic E-state index is 8.59. The van der Waals surface area contributed by atoms with Gasteiger partial charge in [-0.15, -0.1) is 0 Å². The number of unbranched alkanes of at least 4 members (excludes halogenated alkanes) is 3. The highest BCUT2D eigenvalue weighted by Crippen LogP contribution is 1.98. The average Bonchev–Trinajstić information content (AvgIpc) is 2.13. The van der Waals surface area contributed by atoms with E-state index in [1.54, 1.807) is 0 Å². The Bertz CT molecular complexity index is 98.9. The number of aliphatic hydroxyl groups excluding tert-OH is 1. The van der Waals surface area contributed by atoms with Gasteiger partial charge in [0.2, 0.25) is 0 Å². The summed E-state index contributed by atoms with van der Waals surface area (Å²) >= 11 is 0. The highest BCUT2D eigenvalue weighted by Gasteiger charge is 1.96. The van der Waals surface area contributed by atoms with Crippen LogP contribution >= 0.6 is 0 Å². The van der Waals surface area contributed by atoms with Crippen LogP contribution in [0.15, 0.2) is 0 Å². The van der Waals surface area contributed by atoms with Crippen LogP contribution in [0.1, 0.15) is 32.1 Å². The maximum Gasteiger partial charge on any atom is 0.0431 e. The molecular formula is C10H24N2O. The summed E-state index contributed by atoms with van der Waals surface area (Å²) in [6.07, 6.45) is 5.65. The maximum absolute atomic E-state index is 8.59. The largest absolute Gasteiger partial charge is 0.396 e. The predicted octanol–water partition coefficient (Wildman–Crippen LogP) is 0.820. The Kier molecular flexibility index (Phi) is 9.87. The molecule has 0 unspecified atom stereocenters. The van der Waals surface area contributed by atoms with E-state index in [0.29, 0.717) is 6.61 Å². The minimum atomic E-state index is 0.320. The molecule has 0 spiro atoms. The standard InChI is InChI=1S/C10H24N2O/c1-12(9-5-6-10-13)8-4-2-3-7-11/h13H,2-11H2,1H3. The second-order valence-electron chi connectivity index (χ2n) is 3.58. The van der Waals surface area contributed by atoms with Crippen LogP contribution in [0.4, 0.5) is 0 Å². The zero-order valence-electron chi connectivity index (χ0n) is 8.84. The molecule has 0 fully saturated rings. The molecule has 0 saturated carbocycles. The van der Waals surface area contributed by atoms with Crippen molar-refractivity contribution in [3.63, 3.8) is 0 Å². The van der Waals surface area contributed by atoms with Crippen LogP contribution in [0.2, 0.25) is 0 Å². The van der Waals surface area contributed by atoms with Crippen molar-refractivity contribution < 1.29 is 5.11 Å². The van der Waals surface area contributed by atoms with Crippen molar-refractivity contribution >= 4 is 0 Å².